The highest BCUT2D eigenvalue weighted by Crippen LogP contribution is 2.66. The van der Waals surface area contributed by atoms with Crippen molar-refractivity contribution in [3.05, 3.63) is 39.9 Å². The van der Waals surface area contributed by atoms with Crippen molar-refractivity contribution < 1.29 is 14.5 Å². The molecule has 5 rings (SSSR count). The van der Waals surface area contributed by atoms with E-state index in [1.54, 1.807) is 12.1 Å². The number of amides is 1. The first-order valence-corrected chi connectivity index (χ1v) is 12.8. The van der Waals surface area contributed by atoms with Gasteiger partial charge in [-0.25, -0.2) is 0 Å². The molecule has 1 aliphatic heterocycles. The SMILES string of the molecule is CN1C(=O)CC[C@]2(C)[C@H]3CC[C@]4(C)CCC[C@H]4[C@@H]3C(COCc3cccc([N+](=O)[O-])c3)C[C@@H]12. The molecular weight excluding hydrogens is 416 g/mol. The van der Waals surface area contributed by atoms with Crippen molar-refractivity contribution in [2.75, 3.05) is 13.7 Å². The Bertz CT molecular complexity index is 934. The molecule has 1 amide bonds. The lowest BCUT2D eigenvalue weighted by Gasteiger charge is -2.63. The first kappa shape index (κ1) is 22.8. The predicted octanol–water partition coefficient (Wildman–Crippen LogP) is 5.59. The molecule has 6 heteroatoms. The van der Waals surface area contributed by atoms with E-state index in [-0.39, 0.29) is 28.0 Å². The minimum absolute atomic E-state index is 0.112. The van der Waals surface area contributed by atoms with E-state index < -0.39 is 0 Å². The van der Waals surface area contributed by atoms with Gasteiger partial charge in [0, 0.05) is 31.6 Å². The van der Waals surface area contributed by atoms with Crippen LogP contribution in [0.25, 0.3) is 0 Å². The third kappa shape index (κ3) is 3.78. The Morgan fingerprint density at radius 1 is 1.18 bits per heavy atom. The van der Waals surface area contributed by atoms with E-state index in [9.17, 15) is 14.9 Å². The average molecular weight is 455 g/mol. The molecule has 0 bridgehead atoms. The number of ether oxygens (including phenoxy) is 1. The Kier molecular flexibility index (Phi) is 5.79. The molecule has 4 aliphatic rings. The molecule has 1 aromatic rings. The van der Waals surface area contributed by atoms with Gasteiger partial charge in [0.1, 0.15) is 0 Å². The first-order chi connectivity index (χ1) is 15.7. The standard InChI is InChI=1S/C27H38N2O4/c1-26-11-5-8-21(26)25-19(17-33-16-18-6-4-7-20(14-18)29(31)32)15-23-27(2,22(25)9-12-26)13-10-24(30)28(23)3/h4,6-7,14,19,21-23,25H,5,8-13,15-17H2,1-3H3/t19?,21-,22-,23+,25-,26-,27+/m0/s1. The molecule has 0 aromatic heterocycles. The molecule has 0 radical (unpaired) electrons. The third-order valence-corrected chi connectivity index (χ3v) is 10.3. The van der Waals surface area contributed by atoms with Gasteiger partial charge in [0.05, 0.1) is 18.1 Å². The number of hydrogen-bond acceptors (Lipinski definition) is 4. The molecule has 180 valence electrons. The van der Waals surface area contributed by atoms with E-state index in [0.29, 0.717) is 42.8 Å². The molecule has 1 saturated heterocycles. The fourth-order valence-corrected chi connectivity index (χ4v) is 8.52. The lowest BCUT2D eigenvalue weighted by Crippen LogP contribution is -2.63. The summed E-state index contributed by atoms with van der Waals surface area (Å²) in [5.41, 5.74) is 1.62. The molecule has 1 unspecified atom stereocenters. The number of rotatable bonds is 5. The van der Waals surface area contributed by atoms with Gasteiger partial charge in [-0.15, -0.1) is 0 Å². The normalized spacial score (nSPS) is 40.2. The predicted molar refractivity (Wildman–Crippen MR) is 126 cm³/mol. The summed E-state index contributed by atoms with van der Waals surface area (Å²) >= 11 is 0. The number of nitrogens with zero attached hydrogens (tertiary/aromatic N) is 2. The monoisotopic (exact) mass is 454 g/mol. The lowest BCUT2D eigenvalue weighted by molar-refractivity contribution is -0.385. The zero-order chi connectivity index (χ0) is 23.4. The van der Waals surface area contributed by atoms with E-state index in [1.165, 1.54) is 38.2 Å². The van der Waals surface area contributed by atoms with Gasteiger partial charge in [0.2, 0.25) is 5.91 Å². The largest absolute Gasteiger partial charge is 0.376 e. The van der Waals surface area contributed by atoms with Crippen molar-refractivity contribution in [3.63, 3.8) is 0 Å². The van der Waals surface area contributed by atoms with Crippen LogP contribution >= 0.6 is 0 Å². The summed E-state index contributed by atoms with van der Waals surface area (Å²) in [5.74, 6) is 2.77. The number of piperidine rings is 1. The van der Waals surface area contributed by atoms with Gasteiger partial charge in [-0.3, -0.25) is 14.9 Å². The zero-order valence-corrected chi connectivity index (χ0v) is 20.3. The molecule has 0 N–H and O–H groups in total. The lowest BCUT2D eigenvalue weighted by atomic mass is 9.45. The average Bonchev–Trinajstić information content (AvgIpc) is 3.19. The van der Waals surface area contributed by atoms with Crippen molar-refractivity contribution >= 4 is 11.6 Å². The van der Waals surface area contributed by atoms with Crippen LogP contribution < -0.4 is 0 Å². The van der Waals surface area contributed by atoms with Crippen LogP contribution in [0.2, 0.25) is 0 Å². The second kappa shape index (κ2) is 8.37. The van der Waals surface area contributed by atoms with E-state index in [1.807, 2.05) is 13.1 Å². The number of fused-ring (bicyclic) bond motifs is 5. The summed E-state index contributed by atoms with van der Waals surface area (Å²) in [7, 11) is 2.01. The number of hydrogen-bond donors (Lipinski definition) is 0. The first-order valence-electron chi connectivity index (χ1n) is 12.8. The van der Waals surface area contributed by atoms with Crippen LogP contribution in [-0.2, 0) is 16.1 Å². The van der Waals surface area contributed by atoms with Crippen LogP contribution in [0.1, 0.15) is 70.8 Å². The summed E-state index contributed by atoms with van der Waals surface area (Å²) in [5, 5.41) is 11.1. The molecule has 4 fully saturated rings. The molecule has 1 heterocycles. The maximum absolute atomic E-state index is 12.6. The van der Waals surface area contributed by atoms with Crippen molar-refractivity contribution in [1.82, 2.24) is 4.90 Å². The zero-order valence-electron chi connectivity index (χ0n) is 20.3. The maximum Gasteiger partial charge on any atom is 0.269 e. The van der Waals surface area contributed by atoms with E-state index in [4.69, 9.17) is 4.74 Å². The number of nitro groups is 1. The van der Waals surface area contributed by atoms with Crippen molar-refractivity contribution in [3.8, 4) is 0 Å². The molecule has 3 aliphatic carbocycles. The van der Waals surface area contributed by atoms with Gasteiger partial charge in [-0.1, -0.05) is 32.4 Å². The Morgan fingerprint density at radius 3 is 2.79 bits per heavy atom. The highest BCUT2D eigenvalue weighted by Gasteiger charge is 2.61. The minimum Gasteiger partial charge on any atom is -0.376 e. The third-order valence-electron chi connectivity index (χ3n) is 10.3. The number of carbonyl (C=O) groups is 1. The molecular formula is C27H38N2O4. The van der Waals surface area contributed by atoms with Crippen molar-refractivity contribution in [2.24, 2.45) is 34.5 Å². The molecule has 33 heavy (non-hydrogen) atoms. The van der Waals surface area contributed by atoms with Crippen molar-refractivity contribution in [2.45, 2.75) is 77.9 Å². The highest BCUT2D eigenvalue weighted by molar-refractivity contribution is 5.77. The van der Waals surface area contributed by atoms with Crippen molar-refractivity contribution in [1.29, 1.82) is 0 Å². The number of non-ortho nitro benzene ring substituents is 1. The summed E-state index contributed by atoms with van der Waals surface area (Å²) in [6.45, 7) is 6.06. The fraction of sp³-hybridized carbons (Fsp3) is 0.741. The molecule has 3 saturated carbocycles. The number of benzene rings is 1. The van der Waals surface area contributed by atoms with E-state index >= 15 is 0 Å². The maximum atomic E-state index is 12.6. The second-order valence-corrected chi connectivity index (χ2v) is 11.8. The smallest absolute Gasteiger partial charge is 0.269 e. The van der Waals surface area contributed by atoms with Crippen LogP contribution in [0, 0.1) is 44.6 Å². The van der Waals surface area contributed by atoms with E-state index in [0.717, 1.165) is 24.3 Å². The topological polar surface area (TPSA) is 72.7 Å². The summed E-state index contributed by atoms with van der Waals surface area (Å²) in [6, 6.07) is 7.05. The molecule has 7 atom stereocenters. The molecule has 1 aromatic carbocycles. The number of likely N-dealkylation sites (tertiary alicyclic amines) is 1. The summed E-state index contributed by atoms with van der Waals surface area (Å²) in [4.78, 5) is 25.4. The Morgan fingerprint density at radius 2 is 2.00 bits per heavy atom. The van der Waals surface area contributed by atoms with Crippen LogP contribution in [0.4, 0.5) is 5.69 Å². The number of carbonyl (C=O) groups excluding carboxylic acids is 1. The van der Waals surface area contributed by atoms with E-state index in [2.05, 4.69) is 18.7 Å². The highest BCUT2D eigenvalue weighted by atomic mass is 16.6. The van der Waals surface area contributed by atoms with Crippen LogP contribution in [0.5, 0.6) is 0 Å². The molecule has 6 nitrogen and oxygen atoms in total. The number of nitro benzene ring substituents is 1. The quantitative estimate of drug-likeness (QED) is 0.429. The summed E-state index contributed by atoms with van der Waals surface area (Å²) < 4.78 is 6.27. The second-order valence-electron chi connectivity index (χ2n) is 11.8. The van der Waals surface area contributed by atoms with Crippen LogP contribution in [-0.4, -0.2) is 35.4 Å². The van der Waals surface area contributed by atoms with Gasteiger partial charge in [-0.05, 0) is 78.6 Å². The Labute approximate surface area is 197 Å². The van der Waals surface area contributed by atoms with Crippen LogP contribution in [0.3, 0.4) is 0 Å². The van der Waals surface area contributed by atoms with Crippen LogP contribution in [0.15, 0.2) is 24.3 Å². The molecule has 0 spiro atoms. The Hall–Kier alpha value is -1.95. The fourth-order valence-electron chi connectivity index (χ4n) is 8.52. The van der Waals surface area contributed by atoms with Gasteiger partial charge in [0.15, 0.2) is 0 Å². The van der Waals surface area contributed by atoms with Gasteiger partial charge < -0.3 is 9.64 Å². The van der Waals surface area contributed by atoms with Gasteiger partial charge >= 0.3 is 0 Å². The summed E-state index contributed by atoms with van der Waals surface area (Å²) in [6.07, 6.45) is 9.32. The van der Waals surface area contributed by atoms with Gasteiger partial charge in [0.25, 0.3) is 5.69 Å². The Balaban J connectivity index is 1.38. The minimum atomic E-state index is -0.352. The van der Waals surface area contributed by atoms with Gasteiger partial charge in [-0.2, -0.15) is 0 Å².